The van der Waals surface area contributed by atoms with E-state index >= 15 is 0 Å². The Morgan fingerprint density at radius 3 is 2.72 bits per heavy atom. The number of aromatic nitrogens is 3. The predicted molar refractivity (Wildman–Crippen MR) is 99.5 cm³/mol. The van der Waals surface area contributed by atoms with Crippen LogP contribution in [0.5, 0.6) is 0 Å². The summed E-state index contributed by atoms with van der Waals surface area (Å²) in [6, 6.07) is 7.46. The zero-order valence-corrected chi connectivity index (χ0v) is 15.5. The highest BCUT2D eigenvalue weighted by molar-refractivity contribution is 6.31. The zero-order chi connectivity index (χ0) is 18.1. The molecule has 132 valence electrons. The van der Waals surface area contributed by atoms with Gasteiger partial charge in [0, 0.05) is 36.6 Å². The number of aryl methyl sites for hydroxylation is 2. The highest BCUT2D eigenvalue weighted by Crippen LogP contribution is 2.25. The van der Waals surface area contributed by atoms with Crippen LogP contribution in [0.15, 0.2) is 24.3 Å². The minimum atomic E-state index is -0.178. The van der Waals surface area contributed by atoms with Gasteiger partial charge in [-0.1, -0.05) is 11.6 Å². The van der Waals surface area contributed by atoms with Gasteiger partial charge in [-0.3, -0.25) is 9.48 Å². The lowest BCUT2D eigenvalue weighted by atomic mass is 10.2. The molecule has 0 spiro atoms. The van der Waals surface area contributed by atoms with Crippen molar-refractivity contribution in [3.8, 4) is 0 Å². The summed E-state index contributed by atoms with van der Waals surface area (Å²) in [6.45, 7) is 4.89. The molecule has 0 saturated carbocycles. The first-order chi connectivity index (χ1) is 11.9. The van der Waals surface area contributed by atoms with Gasteiger partial charge in [0.25, 0.3) is 5.91 Å². The monoisotopic (exact) mass is 360 g/mol. The third kappa shape index (κ3) is 3.27. The van der Waals surface area contributed by atoms with Crippen LogP contribution < -0.4 is 5.32 Å². The van der Waals surface area contributed by atoms with Crippen LogP contribution in [0.2, 0.25) is 5.02 Å². The number of benzene rings is 1. The van der Waals surface area contributed by atoms with Gasteiger partial charge in [-0.05, 0) is 38.1 Å². The molecule has 1 N–H and O–H groups in total. The normalized spacial score (nSPS) is 11.2. The number of ether oxygens (including phenoxy) is 1. The Bertz CT molecular complexity index is 942. The van der Waals surface area contributed by atoms with Crippen LogP contribution in [0.3, 0.4) is 0 Å². The smallest absolute Gasteiger partial charge is 0.272 e. The number of rotatable bonds is 5. The maximum atomic E-state index is 12.9. The molecular formula is C18H21ClN4O2. The van der Waals surface area contributed by atoms with Crippen LogP contribution in [0.1, 0.15) is 21.9 Å². The number of carbonyl (C=O) groups is 1. The van der Waals surface area contributed by atoms with Crippen LogP contribution in [-0.4, -0.2) is 34.0 Å². The van der Waals surface area contributed by atoms with E-state index in [1.807, 2.05) is 49.7 Å². The van der Waals surface area contributed by atoms with Crippen LogP contribution in [-0.2, 0) is 18.3 Å². The van der Waals surface area contributed by atoms with E-state index in [1.165, 1.54) is 0 Å². The van der Waals surface area contributed by atoms with Crippen molar-refractivity contribution in [1.29, 1.82) is 0 Å². The number of fused-ring (bicyclic) bond motifs is 1. The summed E-state index contributed by atoms with van der Waals surface area (Å²) in [7, 11) is 3.50. The molecule has 2 aromatic heterocycles. The molecule has 0 bridgehead atoms. The first-order valence-corrected chi connectivity index (χ1v) is 8.39. The van der Waals surface area contributed by atoms with Crippen LogP contribution in [0, 0.1) is 13.8 Å². The molecule has 0 radical (unpaired) electrons. The largest absolute Gasteiger partial charge is 0.383 e. The fraction of sp³-hybridized carbons (Fsp3) is 0.333. The lowest BCUT2D eigenvalue weighted by Crippen LogP contribution is -2.19. The van der Waals surface area contributed by atoms with Gasteiger partial charge in [0.05, 0.1) is 23.7 Å². The molecule has 0 fully saturated rings. The Morgan fingerprint density at radius 2 is 2.08 bits per heavy atom. The highest BCUT2D eigenvalue weighted by atomic mass is 35.5. The average molecular weight is 361 g/mol. The maximum absolute atomic E-state index is 12.9. The third-order valence-electron chi connectivity index (χ3n) is 4.36. The molecule has 6 nitrogen and oxygen atoms in total. The quantitative estimate of drug-likeness (QED) is 0.757. The third-order valence-corrected chi connectivity index (χ3v) is 4.60. The Labute approximate surface area is 151 Å². The van der Waals surface area contributed by atoms with E-state index < -0.39 is 0 Å². The Morgan fingerprint density at radius 1 is 1.32 bits per heavy atom. The number of amides is 1. The molecule has 7 heteroatoms. The summed E-state index contributed by atoms with van der Waals surface area (Å²) in [5.41, 5.74) is 3.96. The summed E-state index contributed by atoms with van der Waals surface area (Å²) in [6.07, 6.45) is 0. The van der Waals surface area contributed by atoms with Crippen LogP contribution in [0.4, 0.5) is 5.69 Å². The number of hydrogen-bond donors (Lipinski definition) is 1. The Hall–Kier alpha value is -2.31. The molecule has 2 heterocycles. The average Bonchev–Trinajstić information content (AvgIpc) is 3.04. The number of nitrogens with one attached hydrogen (secondary N) is 1. The van der Waals surface area contributed by atoms with E-state index in [0.717, 1.165) is 28.0 Å². The Balaban J connectivity index is 2.02. The second-order valence-corrected chi connectivity index (χ2v) is 6.44. The maximum Gasteiger partial charge on any atom is 0.272 e. The van der Waals surface area contributed by atoms with E-state index in [0.29, 0.717) is 23.9 Å². The van der Waals surface area contributed by atoms with E-state index in [9.17, 15) is 4.79 Å². The van der Waals surface area contributed by atoms with Gasteiger partial charge < -0.3 is 14.6 Å². The molecule has 0 saturated heterocycles. The lowest BCUT2D eigenvalue weighted by molar-refractivity contribution is 0.101. The summed E-state index contributed by atoms with van der Waals surface area (Å²) in [5.74, 6) is -0.178. The van der Waals surface area contributed by atoms with Crippen molar-refractivity contribution in [1.82, 2.24) is 14.3 Å². The van der Waals surface area contributed by atoms with Gasteiger partial charge in [-0.2, -0.15) is 5.10 Å². The zero-order valence-electron chi connectivity index (χ0n) is 14.8. The molecule has 1 aromatic carbocycles. The molecule has 0 aliphatic carbocycles. The van der Waals surface area contributed by atoms with Gasteiger partial charge in [0.1, 0.15) is 5.69 Å². The van der Waals surface area contributed by atoms with Crippen molar-refractivity contribution in [3.63, 3.8) is 0 Å². The van der Waals surface area contributed by atoms with Gasteiger partial charge in [-0.25, -0.2) is 0 Å². The van der Waals surface area contributed by atoms with E-state index in [2.05, 4.69) is 10.4 Å². The van der Waals surface area contributed by atoms with Crippen molar-refractivity contribution in [2.45, 2.75) is 20.4 Å². The minimum Gasteiger partial charge on any atom is -0.383 e. The molecule has 0 unspecified atom stereocenters. The van der Waals surface area contributed by atoms with Gasteiger partial charge in [0.15, 0.2) is 0 Å². The summed E-state index contributed by atoms with van der Waals surface area (Å²) in [5, 5.41) is 8.90. The second kappa shape index (κ2) is 6.90. The van der Waals surface area contributed by atoms with Crippen LogP contribution in [0.25, 0.3) is 10.9 Å². The second-order valence-electron chi connectivity index (χ2n) is 6.00. The van der Waals surface area contributed by atoms with Gasteiger partial charge in [0.2, 0.25) is 0 Å². The standard InChI is InChI=1S/C18H21ClN4O2/c1-11-17(12(2)22(3)21-11)20-18(24)16-10-13-9-14(19)5-6-15(13)23(16)7-8-25-4/h5-6,9-10H,7-8H2,1-4H3,(H,20,24). The van der Waals surface area contributed by atoms with Crippen molar-refractivity contribution >= 4 is 34.1 Å². The SMILES string of the molecule is COCCn1c(C(=O)Nc2c(C)nn(C)c2C)cc2cc(Cl)ccc21. The van der Waals surface area contributed by atoms with E-state index in [-0.39, 0.29) is 5.91 Å². The van der Waals surface area contributed by atoms with Crippen molar-refractivity contribution in [2.24, 2.45) is 7.05 Å². The molecule has 0 aliphatic rings. The van der Waals surface area contributed by atoms with Crippen LogP contribution >= 0.6 is 11.6 Å². The number of halogens is 1. The lowest BCUT2D eigenvalue weighted by Gasteiger charge is -2.11. The molecule has 0 aliphatic heterocycles. The minimum absolute atomic E-state index is 0.178. The van der Waals surface area contributed by atoms with Crippen molar-refractivity contribution in [3.05, 3.63) is 46.4 Å². The fourth-order valence-electron chi connectivity index (χ4n) is 2.99. The van der Waals surface area contributed by atoms with E-state index in [4.69, 9.17) is 16.3 Å². The summed E-state index contributed by atoms with van der Waals surface area (Å²) in [4.78, 5) is 12.9. The molecule has 0 atom stereocenters. The molecule has 3 rings (SSSR count). The number of hydrogen-bond acceptors (Lipinski definition) is 3. The number of nitrogens with zero attached hydrogens (tertiary/aromatic N) is 3. The van der Waals surface area contributed by atoms with Gasteiger partial charge >= 0.3 is 0 Å². The molecule has 3 aromatic rings. The number of carbonyl (C=O) groups excluding carboxylic acids is 1. The van der Waals surface area contributed by atoms with Crippen molar-refractivity contribution < 1.29 is 9.53 Å². The predicted octanol–water partition coefficient (Wildman–Crippen LogP) is 3.54. The Kier molecular flexibility index (Phi) is 4.83. The first-order valence-electron chi connectivity index (χ1n) is 8.01. The van der Waals surface area contributed by atoms with Gasteiger partial charge in [-0.15, -0.1) is 0 Å². The molecule has 25 heavy (non-hydrogen) atoms. The number of anilines is 1. The molecule has 1 amide bonds. The summed E-state index contributed by atoms with van der Waals surface area (Å²) < 4.78 is 8.90. The topological polar surface area (TPSA) is 61.1 Å². The highest BCUT2D eigenvalue weighted by Gasteiger charge is 2.19. The first kappa shape index (κ1) is 17.5. The van der Waals surface area contributed by atoms with E-state index in [1.54, 1.807) is 11.8 Å². The molecular weight excluding hydrogens is 340 g/mol. The summed E-state index contributed by atoms with van der Waals surface area (Å²) >= 11 is 6.09. The fourth-order valence-corrected chi connectivity index (χ4v) is 3.17. The number of methoxy groups -OCH3 is 1. The van der Waals surface area contributed by atoms with Crippen molar-refractivity contribution in [2.75, 3.05) is 19.0 Å².